The average molecular weight is 715 g/mol. The lowest BCUT2D eigenvalue weighted by molar-refractivity contribution is 0.672. The smallest absolute Gasteiger partial charge is 0.145 e. The zero-order chi connectivity index (χ0) is 37.1. The van der Waals surface area contributed by atoms with E-state index in [9.17, 15) is 10.5 Å². The first-order chi connectivity index (χ1) is 27.7. The van der Waals surface area contributed by atoms with Crippen LogP contribution in [0.4, 0.5) is 0 Å². The van der Waals surface area contributed by atoms with Gasteiger partial charge in [0.05, 0.1) is 55.3 Å². The number of hydrogen-bond donors (Lipinski definition) is 0. The number of furan rings is 2. The molecular weight excluding hydrogens is 689 g/mol. The quantitative estimate of drug-likeness (QED) is 0.182. The van der Waals surface area contributed by atoms with E-state index in [2.05, 4.69) is 81.9 Å². The molecule has 0 amide bonds. The predicted octanol–water partition coefficient (Wildman–Crippen LogP) is 13.1. The summed E-state index contributed by atoms with van der Waals surface area (Å²) in [6, 6.07) is 58.1. The van der Waals surface area contributed by atoms with Crippen molar-refractivity contribution in [3.05, 3.63) is 169 Å². The number of benzene rings is 8. The van der Waals surface area contributed by atoms with E-state index >= 15 is 0 Å². The highest BCUT2D eigenvalue weighted by molar-refractivity contribution is 6.25. The molecule has 6 heteroatoms. The molecule has 0 N–H and O–H groups in total. The zero-order valence-corrected chi connectivity index (χ0v) is 29.6. The molecule has 0 unspecified atom stereocenters. The number of rotatable bonds is 3. The number of fused-ring (bicyclic) bond motifs is 14. The normalized spacial score (nSPS) is 11.9. The van der Waals surface area contributed by atoms with Gasteiger partial charge in [-0.3, -0.25) is 0 Å². The van der Waals surface area contributed by atoms with E-state index in [-0.39, 0.29) is 0 Å². The lowest BCUT2D eigenvalue weighted by atomic mass is 9.99. The van der Waals surface area contributed by atoms with Gasteiger partial charge in [0.25, 0.3) is 0 Å². The second kappa shape index (κ2) is 11.2. The van der Waals surface area contributed by atoms with Crippen LogP contribution in [0.3, 0.4) is 0 Å². The van der Waals surface area contributed by atoms with Gasteiger partial charge in [0.2, 0.25) is 0 Å². The Morgan fingerprint density at radius 2 is 0.786 bits per heavy atom. The molecule has 4 aromatic heterocycles. The van der Waals surface area contributed by atoms with Crippen LogP contribution < -0.4 is 0 Å². The molecule has 0 bridgehead atoms. The summed E-state index contributed by atoms with van der Waals surface area (Å²) in [6.07, 6.45) is 0. The van der Waals surface area contributed by atoms with Gasteiger partial charge in [-0.25, -0.2) is 0 Å². The molecule has 56 heavy (non-hydrogen) atoms. The van der Waals surface area contributed by atoms with Crippen molar-refractivity contribution in [1.82, 2.24) is 9.13 Å². The van der Waals surface area contributed by atoms with E-state index in [1.165, 1.54) is 0 Å². The first kappa shape index (κ1) is 30.4. The summed E-state index contributed by atoms with van der Waals surface area (Å²) >= 11 is 0. The third-order valence-electron chi connectivity index (χ3n) is 11.4. The van der Waals surface area contributed by atoms with Crippen LogP contribution in [-0.4, -0.2) is 9.13 Å². The van der Waals surface area contributed by atoms with Crippen molar-refractivity contribution in [2.24, 2.45) is 0 Å². The van der Waals surface area contributed by atoms with Crippen molar-refractivity contribution in [3.8, 4) is 34.6 Å². The van der Waals surface area contributed by atoms with Crippen LogP contribution in [0.1, 0.15) is 11.1 Å². The summed E-state index contributed by atoms with van der Waals surface area (Å²) in [7, 11) is 0. The van der Waals surface area contributed by atoms with E-state index in [0.717, 1.165) is 110 Å². The van der Waals surface area contributed by atoms with Crippen LogP contribution in [0, 0.1) is 22.7 Å². The summed E-state index contributed by atoms with van der Waals surface area (Å²) in [4.78, 5) is 0. The van der Waals surface area contributed by atoms with Gasteiger partial charge in [0, 0.05) is 32.3 Å². The van der Waals surface area contributed by atoms with Crippen molar-refractivity contribution in [2.45, 2.75) is 0 Å². The molecular formula is C50H26N4O2. The summed E-state index contributed by atoms with van der Waals surface area (Å²) in [5.41, 5.74) is 11.6. The Bertz CT molecular complexity index is 3500. The van der Waals surface area contributed by atoms with Crippen molar-refractivity contribution in [2.75, 3.05) is 0 Å². The second-order valence-corrected chi connectivity index (χ2v) is 14.3. The molecule has 0 saturated heterocycles. The van der Waals surface area contributed by atoms with E-state index in [1.807, 2.05) is 97.1 Å². The van der Waals surface area contributed by atoms with Crippen molar-refractivity contribution in [1.29, 1.82) is 10.5 Å². The molecule has 0 aliphatic heterocycles. The Kier molecular flexibility index (Phi) is 6.10. The lowest BCUT2D eigenvalue weighted by Gasteiger charge is -2.14. The molecule has 0 aliphatic rings. The minimum Gasteiger partial charge on any atom is -0.455 e. The number of hydrogen-bond acceptors (Lipinski definition) is 4. The standard InChI is InChI=1S/C50H26N4O2/c51-27-31-25-29(17-21-39(31)53-41-13-5-1-11-37(41)47-43(53)23-19-35-33-9-3-7-15-45(33)55-49(35)47)30-18-22-40(32(26-30)28-52)54-42-14-6-2-12-38(42)48-44(54)24-20-36-34-10-4-8-16-46(34)56-50(36)48/h1-26H. The van der Waals surface area contributed by atoms with Gasteiger partial charge in [-0.05, 0) is 83.9 Å². The topological polar surface area (TPSA) is 83.7 Å². The van der Waals surface area contributed by atoms with Crippen LogP contribution in [0.2, 0.25) is 0 Å². The molecule has 12 rings (SSSR count). The fourth-order valence-electron chi connectivity index (χ4n) is 8.99. The Morgan fingerprint density at radius 3 is 1.23 bits per heavy atom. The highest BCUT2D eigenvalue weighted by Gasteiger charge is 2.22. The van der Waals surface area contributed by atoms with Gasteiger partial charge in [-0.15, -0.1) is 0 Å². The molecule has 0 radical (unpaired) electrons. The number of aromatic nitrogens is 2. The third-order valence-corrected chi connectivity index (χ3v) is 11.4. The van der Waals surface area contributed by atoms with Crippen molar-refractivity contribution in [3.63, 3.8) is 0 Å². The van der Waals surface area contributed by atoms with Gasteiger partial charge in [-0.1, -0.05) is 84.9 Å². The number of nitrogens with zero attached hydrogens (tertiary/aromatic N) is 4. The Labute approximate surface area is 318 Å². The van der Waals surface area contributed by atoms with E-state index in [1.54, 1.807) is 0 Å². The molecule has 0 atom stereocenters. The highest BCUT2D eigenvalue weighted by Crippen LogP contribution is 2.43. The largest absolute Gasteiger partial charge is 0.455 e. The molecule has 258 valence electrons. The first-order valence-electron chi connectivity index (χ1n) is 18.5. The minimum absolute atomic E-state index is 0.523. The fourth-order valence-corrected chi connectivity index (χ4v) is 8.99. The maximum Gasteiger partial charge on any atom is 0.145 e. The first-order valence-corrected chi connectivity index (χ1v) is 18.5. The summed E-state index contributed by atoms with van der Waals surface area (Å²) in [6.45, 7) is 0. The fraction of sp³-hybridized carbons (Fsp3) is 0. The zero-order valence-electron chi connectivity index (χ0n) is 29.6. The molecule has 12 aromatic rings. The number of para-hydroxylation sites is 4. The minimum atomic E-state index is 0.523. The molecule has 0 aliphatic carbocycles. The Balaban J connectivity index is 1.02. The van der Waals surface area contributed by atoms with Gasteiger partial charge in [-0.2, -0.15) is 10.5 Å². The maximum absolute atomic E-state index is 10.6. The lowest BCUT2D eigenvalue weighted by Crippen LogP contribution is -1.99. The summed E-state index contributed by atoms with van der Waals surface area (Å²) in [5.74, 6) is 0. The average Bonchev–Trinajstić information content (AvgIpc) is 4.00. The molecule has 4 heterocycles. The highest BCUT2D eigenvalue weighted by atomic mass is 16.3. The van der Waals surface area contributed by atoms with E-state index in [4.69, 9.17) is 8.83 Å². The van der Waals surface area contributed by atoms with Crippen LogP contribution in [0.5, 0.6) is 0 Å². The van der Waals surface area contributed by atoms with Gasteiger partial charge in [0.1, 0.15) is 34.5 Å². The van der Waals surface area contributed by atoms with Crippen molar-refractivity contribution >= 4 is 87.5 Å². The Morgan fingerprint density at radius 1 is 0.375 bits per heavy atom. The molecule has 8 aromatic carbocycles. The molecule has 0 spiro atoms. The Hall–Kier alpha value is -8.06. The van der Waals surface area contributed by atoms with Crippen molar-refractivity contribution < 1.29 is 8.83 Å². The molecule has 0 fully saturated rings. The van der Waals surface area contributed by atoms with Crippen LogP contribution in [0.15, 0.2) is 167 Å². The summed E-state index contributed by atoms with van der Waals surface area (Å²) in [5, 5.41) is 29.7. The maximum atomic E-state index is 10.6. The monoisotopic (exact) mass is 714 g/mol. The van der Waals surface area contributed by atoms with Crippen LogP contribution >= 0.6 is 0 Å². The van der Waals surface area contributed by atoms with Gasteiger partial charge in [0.15, 0.2) is 0 Å². The molecule has 0 saturated carbocycles. The van der Waals surface area contributed by atoms with Crippen LogP contribution in [0.25, 0.3) is 110 Å². The van der Waals surface area contributed by atoms with Gasteiger partial charge >= 0.3 is 0 Å². The van der Waals surface area contributed by atoms with E-state index in [0.29, 0.717) is 11.1 Å². The van der Waals surface area contributed by atoms with E-state index < -0.39 is 0 Å². The molecule has 6 nitrogen and oxygen atoms in total. The predicted molar refractivity (Wildman–Crippen MR) is 225 cm³/mol. The summed E-state index contributed by atoms with van der Waals surface area (Å²) < 4.78 is 17.3. The number of nitriles is 2. The van der Waals surface area contributed by atoms with Gasteiger partial charge < -0.3 is 18.0 Å². The SMILES string of the molecule is N#Cc1cc(-c2ccc(-n3c4ccccc4c4c5oc6ccccc6c5ccc43)c(C#N)c2)ccc1-n1c2ccccc2c2c3oc4ccccc4c3ccc21. The third kappa shape index (κ3) is 4.02. The second-order valence-electron chi connectivity index (χ2n) is 14.3. The van der Waals surface area contributed by atoms with Crippen LogP contribution in [-0.2, 0) is 0 Å².